The van der Waals surface area contributed by atoms with Crippen LogP contribution in [0.1, 0.15) is 11.6 Å². The van der Waals surface area contributed by atoms with Crippen LogP contribution in [0.4, 0.5) is 10.5 Å². The van der Waals surface area contributed by atoms with Gasteiger partial charge in [-0.1, -0.05) is 6.07 Å². The zero-order chi connectivity index (χ0) is 18.4. The quantitative estimate of drug-likeness (QED) is 0.732. The molecule has 1 fully saturated rings. The van der Waals surface area contributed by atoms with Crippen LogP contribution in [0.15, 0.2) is 47.7 Å². The molecule has 2 aliphatic heterocycles. The molecule has 2 amide bonds. The molecule has 1 atom stereocenters. The second kappa shape index (κ2) is 6.01. The van der Waals surface area contributed by atoms with Crippen molar-refractivity contribution in [2.45, 2.75) is 6.04 Å². The monoisotopic (exact) mass is 363 g/mol. The van der Waals surface area contributed by atoms with E-state index in [4.69, 9.17) is 9.47 Å². The van der Waals surface area contributed by atoms with Gasteiger partial charge in [-0.15, -0.1) is 0 Å². The number of imidazole rings is 1. The fraction of sp³-hybridized carbons (Fsp3) is 0.211. The van der Waals surface area contributed by atoms with Crippen LogP contribution >= 0.6 is 0 Å². The van der Waals surface area contributed by atoms with Gasteiger partial charge in [-0.2, -0.15) is 0 Å². The fourth-order valence-electron chi connectivity index (χ4n) is 3.53. The minimum absolute atomic E-state index is 0.231. The Hall–Kier alpha value is -3.55. The van der Waals surface area contributed by atoms with Crippen molar-refractivity contribution in [1.29, 1.82) is 0 Å². The first-order valence-corrected chi connectivity index (χ1v) is 8.64. The summed E-state index contributed by atoms with van der Waals surface area (Å²) in [5, 5.41) is 2.86. The Balaban J connectivity index is 1.61. The van der Waals surface area contributed by atoms with Crippen LogP contribution in [0.3, 0.4) is 0 Å². The third kappa shape index (κ3) is 2.49. The van der Waals surface area contributed by atoms with Crippen molar-refractivity contribution in [1.82, 2.24) is 15.3 Å². The van der Waals surface area contributed by atoms with Crippen LogP contribution in [-0.4, -0.2) is 42.1 Å². The van der Waals surface area contributed by atoms with Crippen molar-refractivity contribution in [3.8, 4) is 11.5 Å². The molecule has 8 nitrogen and oxygen atoms in total. The molecule has 1 saturated heterocycles. The Morgan fingerprint density at radius 2 is 2.00 bits per heavy atom. The Morgan fingerprint density at radius 3 is 2.85 bits per heavy atom. The summed E-state index contributed by atoms with van der Waals surface area (Å²) in [6.45, 7) is 1.04. The number of aliphatic imine (C=N–C) groups is 1. The third-order valence-corrected chi connectivity index (χ3v) is 4.78. The van der Waals surface area contributed by atoms with Crippen LogP contribution in [0.25, 0.3) is 11.0 Å². The molecular formula is C19H17N5O3. The van der Waals surface area contributed by atoms with Crippen molar-refractivity contribution >= 4 is 28.6 Å². The van der Waals surface area contributed by atoms with E-state index in [9.17, 15) is 4.79 Å². The molecule has 5 rings (SSSR count). The van der Waals surface area contributed by atoms with Gasteiger partial charge in [0, 0.05) is 12.7 Å². The molecule has 8 heteroatoms. The van der Waals surface area contributed by atoms with E-state index < -0.39 is 0 Å². The lowest BCUT2D eigenvalue weighted by Gasteiger charge is -2.25. The van der Waals surface area contributed by atoms with E-state index in [2.05, 4.69) is 20.3 Å². The summed E-state index contributed by atoms with van der Waals surface area (Å²) in [7, 11) is 1.67. The molecule has 0 saturated carbocycles. The van der Waals surface area contributed by atoms with Crippen molar-refractivity contribution in [2.24, 2.45) is 4.99 Å². The van der Waals surface area contributed by atoms with Gasteiger partial charge in [-0.05, 0) is 35.9 Å². The lowest BCUT2D eigenvalue weighted by molar-refractivity contribution is 0.171. The highest BCUT2D eigenvalue weighted by molar-refractivity contribution is 6.16. The lowest BCUT2D eigenvalue weighted by Crippen LogP contribution is -2.29. The van der Waals surface area contributed by atoms with E-state index in [0.717, 1.165) is 22.3 Å². The second-order valence-corrected chi connectivity index (χ2v) is 6.32. The summed E-state index contributed by atoms with van der Waals surface area (Å²) in [5.74, 6) is 1.97. The molecule has 27 heavy (non-hydrogen) atoms. The molecular weight excluding hydrogens is 346 g/mol. The highest BCUT2D eigenvalue weighted by atomic mass is 16.6. The SMILES string of the molecule is C/N=C1/NC(=O)N(c2ccc3[nH]cnc3c2)C1c1ccc2c(c1)OCCO2. The maximum Gasteiger partial charge on any atom is 0.328 e. The molecule has 3 aromatic rings. The van der Waals surface area contributed by atoms with Gasteiger partial charge in [-0.3, -0.25) is 15.2 Å². The number of aromatic nitrogens is 2. The number of aromatic amines is 1. The summed E-state index contributed by atoms with van der Waals surface area (Å²) in [4.78, 5) is 26.1. The number of hydrogen-bond donors (Lipinski definition) is 2. The average molecular weight is 363 g/mol. The average Bonchev–Trinajstić information content (AvgIpc) is 3.30. The maximum absolute atomic E-state index is 12.7. The van der Waals surface area contributed by atoms with E-state index in [1.807, 2.05) is 36.4 Å². The van der Waals surface area contributed by atoms with Gasteiger partial charge in [-0.25, -0.2) is 9.78 Å². The van der Waals surface area contributed by atoms with Crippen LogP contribution < -0.4 is 19.7 Å². The van der Waals surface area contributed by atoms with Crippen molar-refractivity contribution in [3.63, 3.8) is 0 Å². The molecule has 2 N–H and O–H groups in total. The summed E-state index contributed by atoms with van der Waals surface area (Å²) in [6, 6.07) is 10.8. The standard InChI is InChI=1S/C19H17N5O3/c1-20-18-17(11-2-5-15-16(8-11)27-7-6-26-15)24(19(25)23-18)12-3-4-13-14(9-12)22-10-21-13/h2-5,8-10,17H,6-7H2,1H3,(H,21,22)(H,20,23,25). The Bertz CT molecular complexity index is 1070. The minimum Gasteiger partial charge on any atom is -0.486 e. The summed E-state index contributed by atoms with van der Waals surface area (Å²) < 4.78 is 11.3. The van der Waals surface area contributed by atoms with Gasteiger partial charge in [0.25, 0.3) is 0 Å². The Kier molecular flexibility index (Phi) is 3.49. The predicted octanol–water partition coefficient (Wildman–Crippen LogP) is 2.63. The lowest BCUT2D eigenvalue weighted by atomic mass is 10.0. The highest BCUT2D eigenvalue weighted by Crippen LogP contribution is 2.38. The zero-order valence-electron chi connectivity index (χ0n) is 14.6. The van der Waals surface area contributed by atoms with Crippen molar-refractivity contribution < 1.29 is 14.3 Å². The van der Waals surface area contributed by atoms with E-state index in [1.54, 1.807) is 18.3 Å². The number of anilines is 1. The number of urea groups is 1. The number of fused-ring (bicyclic) bond motifs is 2. The number of rotatable bonds is 2. The number of nitrogens with one attached hydrogen (secondary N) is 2. The van der Waals surface area contributed by atoms with E-state index in [1.165, 1.54) is 0 Å². The molecule has 136 valence electrons. The number of carbonyl (C=O) groups is 1. The number of amides is 2. The van der Waals surface area contributed by atoms with Crippen LogP contribution in [0, 0.1) is 0 Å². The number of H-pyrrole nitrogens is 1. The summed E-state index contributed by atoms with van der Waals surface area (Å²) >= 11 is 0. The van der Waals surface area contributed by atoms with E-state index >= 15 is 0 Å². The zero-order valence-corrected chi connectivity index (χ0v) is 14.6. The number of nitrogens with zero attached hydrogens (tertiary/aromatic N) is 3. The highest BCUT2D eigenvalue weighted by Gasteiger charge is 2.39. The first-order chi connectivity index (χ1) is 13.2. The summed E-state index contributed by atoms with van der Waals surface area (Å²) in [5.41, 5.74) is 3.34. The first kappa shape index (κ1) is 15.7. The molecule has 0 spiro atoms. The molecule has 0 radical (unpaired) electrons. The largest absolute Gasteiger partial charge is 0.486 e. The number of hydrogen-bond acceptors (Lipinski definition) is 5. The topological polar surface area (TPSA) is 91.8 Å². The molecule has 3 heterocycles. The number of benzene rings is 2. The van der Waals surface area contributed by atoms with Crippen molar-refractivity contribution in [2.75, 3.05) is 25.2 Å². The molecule has 1 aromatic heterocycles. The van der Waals surface area contributed by atoms with Gasteiger partial charge >= 0.3 is 6.03 Å². The number of amidine groups is 1. The smallest absolute Gasteiger partial charge is 0.328 e. The Morgan fingerprint density at radius 1 is 1.15 bits per heavy atom. The van der Waals surface area contributed by atoms with Gasteiger partial charge < -0.3 is 14.5 Å². The maximum atomic E-state index is 12.7. The van der Waals surface area contributed by atoms with E-state index in [0.29, 0.717) is 30.5 Å². The van der Waals surface area contributed by atoms with Gasteiger partial charge in [0.05, 0.1) is 17.4 Å². The summed E-state index contributed by atoms with van der Waals surface area (Å²) in [6.07, 6.45) is 1.63. The van der Waals surface area contributed by atoms with Gasteiger partial charge in [0.1, 0.15) is 25.1 Å². The van der Waals surface area contributed by atoms with Crippen LogP contribution in [0.5, 0.6) is 11.5 Å². The fourth-order valence-corrected chi connectivity index (χ4v) is 3.53. The van der Waals surface area contributed by atoms with E-state index in [-0.39, 0.29) is 12.1 Å². The number of carbonyl (C=O) groups excluding carboxylic acids is 1. The molecule has 0 aliphatic carbocycles. The van der Waals surface area contributed by atoms with Gasteiger partial charge in [0.15, 0.2) is 11.5 Å². The minimum atomic E-state index is -0.380. The molecule has 2 aliphatic rings. The molecule has 2 aromatic carbocycles. The molecule has 0 bridgehead atoms. The second-order valence-electron chi connectivity index (χ2n) is 6.32. The number of ether oxygens (including phenoxy) is 2. The Labute approximate surface area is 154 Å². The van der Waals surface area contributed by atoms with Crippen LogP contribution in [-0.2, 0) is 0 Å². The van der Waals surface area contributed by atoms with Gasteiger partial charge in [0.2, 0.25) is 0 Å². The van der Waals surface area contributed by atoms with Crippen LogP contribution in [0.2, 0.25) is 0 Å². The molecule has 1 unspecified atom stereocenters. The first-order valence-electron chi connectivity index (χ1n) is 8.64. The predicted molar refractivity (Wildman–Crippen MR) is 101 cm³/mol. The third-order valence-electron chi connectivity index (χ3n) is 4.78. The van der Waals surface area contributed by atoms with Crippen molar-refractivity contribution in [3.05, 3.63) is 48.3 Å². The normalized spacial score (nSPS) is 20.3.